The molecule has 0 aliphatic carbocycles. The van der Waals surface area contributed by atoms with Gasteiger partial charge in [-0.15, -0.1) is 0 Å². The molecule has 1 saturated heterocycles. The van der Waals surface area contributed by atoms with Gasteiger partial charge in [0, 0.05) is 18.4 Å². The van der Waals surface area contributed by atoms with Gasteiger partial charge < -0.3 is 5.32 Å². The molecule has 26 heavy (non-hydrogen) atoms. The average Bonchev–Trinajstić information content (AvgIpc) is 2.99. The van der Waals surface area contributed by atoms with Crippen molar-refractivity contribution >= 4 is 17.3 Å². The van der Waals surface area contributed by atoms with Crippen LogP contribution in [0.15, 0.2) is 65.8 Å². The van der Waals surface area contributed by atoms with Crippen molar-refractivity contribution in [3.05, 3.63) is 66.2 Å². The van der Waals surface area contributed by atoms with Crippen LogP contribution in [0.5, 0.6) is 0 Å². The van der Waals surface area contributed by atoms with Gasteiger partial charge >= 0.3 is 0 Å². The van der Waals surface area contributed by atoms with E-state index < -0.39 is 0 Å². The van der Waals surface area contributed by atoms with Gasteiger partial charge in [0.2, 0.25) is 5.91 Å². The fourth-order valence-corrected chi connectivity index (χ4v) is 3.97. The van der Waals surface area contributed by atoms with Crippen molar-refractivity contribution in [2.45, 2.75) is 38.1 Å². The molecule has 4 heteroatoms. The molecular formula is C22H25N3O. The first kappa shape index (κ1) is 16.8. The highest BCUT2D eigenvalue weighted by atomic mass is 16.1. The molecule has 0 aromatic heterocycles. The van der Waals surface area contributed by atoms with E-state index >= 15 is 0 Å². The van der Waals surface area contributed by atoms with Crippen LogP contribution in [0.4, 0.5) is 5.69 Å². The minimum Gasteiger partial charge on any atom is -0.353 e. The van der Waals surface area contributed by atoms with Gasteiger partial charge in [-0.05, 0) is 37.0 Å². The highest BCUT2D eigenvalue weighted by Gasteiger charge is 2.31. The molecule has 1 fully saturated rings. The van der Waals surface area contributed by atoms with Gasteiger partial charge in [0.15, 0.2) is 0 Å². The minimum atomic E-state index is 0.198. The largest absolute Gasteiger partial charge is 0.353 e. The van der Waals surface area contributed by atoms with Gasteiger partial charge in [-0.2, -0.15) is 5.10 Å². The number of nitrogens with one attached hydrogen (secondary N) is 1. The molecule has 2 aromatic carbocycles. The Morgan fingerprint density at radius 3 is 2.50 bits per heavy atom. The molecule has 2 atom stereocenters. The number of benzene rings is 2. The van der Waals surface area contributed by atoms with Gasteiger partial charge in [0.05, 0.1) is 17.9 Å². The molecule has 0 saturated carbocycles. The van der Waals surface area contributed by atoms with Crippen molar-refractivity contribution in [1.82, 2.24) is 5.32 Å². The van der Waals surface area contributed by atoms with E-state index in [1.165, 1.54) is 5.56 Å². The Morgan fingerprint density at radius 2 is 1.73 bits per heavy atom. The van der Waals surface area contributed by atoms with Crippen molar-refractivity contribution in [2.75, 3.05) is 11.6 Å². The number of para-hydroxylation sites is 1. The molecule has 4 rings (SSSR count). The van der Waals surface area contributed by atoms with Crippen molar-refractivity contribution in [3.8, 4) is 0 Å². The van der Waals surface area contributed by atoms with Crippen LogP contribution >= 0.6 is 0 Å². The van der Waals surface area contributed by atoms with E-state index in [-0.39, 0.29) is 11.9 Å². The molecule has 2 aliphatic heterocycles. The predicted octanol–water partition coefficient (Wildman–Crippen LogP) is 3.98. The Balaban J connectivity index is 1.58. The maximum absolute atomic E-state index is 12.0. The lowest BCUT2D eigenvalue weighted by Gasteiger charge is -2.22. The molecule has 4 nitrogen and oxygen atoms in total. The van der Waals surface area contributed by atoms with E-state index in [0.29, 0.717) is 12.3 Å². The normalized spacial score (nSPS) is 23.3. The lowest BCUT2D eigenvalue weighted by molar-refractivity contribution is -0.121. The Bertz CT molecular complexity index is 772. The average molecular weight is 347 g/mol. The van der Waals surface area contributed by atoms with E-state index in [4.69, 9.17) is 5.10 Å². The second-order valence-corrected chi connectivity index (χ2v) is 7.21. The van der Waals surface area contributed by atoms with Crippen LogP contribution in [-0.2, 0) is 4.79 Å². The van der Waals surface area contributed by atoms with Crippen LogP contribution in [0.1, 0.15) is 37.7 Å². The maximum Gasteiger partial charge on any atom is 0.220 e. The number of nitrogens with zero attached hydrogens (tertiary/aromatic N) is 2. The molecule has 1 N–H and O–H groups in total. The van der Waals surface area contributed by atoms with Crippen molar-refractivity contribution < 1.29 is 4.79 Å². The Morgan fingerprint density at radius 1 is 1.00 bits per heavy atom. The van der Waals surface area contributed by atoms with Gasteiger partial charge in [0.25, 0.3) is 0 Å². The Hall–Kier alpha value is -2.62. The number of carbonyl (C=O) groups excluding carboxylic acids is 1. The van der Waals surface area contributed by atoms with Crippen molar-refractivity contribution in [1.29, 1.82) is 0 Å². The molecule has 2 aromatic rings. The number of hydrogen-bond acceptors (Lipinski definition) is 3. The zero-order valence-electron chi connectivity index (χ0n) is 15.0. The smallest absolute Gasteiger partial charge is 0.220 e. The summed E-state index contributed by atoms with van der Waals surface area (Å²) in [6, 6.07) is 21.0. The van der Waals surface area contributed by atoms with E-state index in [0.717, 1.165) is 43.6 Å². The standard InChI is InChI=1S/C22H25N3O/c26-21-14-8-7-11-19(23-21)15-18-16-25(20-12-5-2-6-13-20)24-22(18)17-9-3-1-4-10-17/h1-6,9-10,12-13,18-19H,7-8,11,14-16H2,(H,23,26). The zero-order valence-corrected chi connectivity index (χ0v) is 15.0. The second-order valence-electron chi connectivity index (χ2n) is 7.21. The SMILES string of the molecule is O=C1CCCCC(CC2CN(c3ccccc3)N=C2c2ccccc2)N1. The first-order valence-corrected chi connectivity index (χ1v) is 9.55. The fourth-order valence-electron chi connectivity index (χ4n) is 3.97. The summed E-state index contributed by atoms with van der Waals surface area (Å²) in [7, 11) is 0. The third kappa shape index (κ3) is 3.79. The van der Waals surface area contributed by atoms with Crippen LogP contribution in [-0.4, -0.2) is 24.2 Å². The molecule has 2 heterocycles. The van der Waals surface area contributed by atoms with Crippen molar-refractivity contribution in [2.24, 2.45) is 11.0 Å². The van der Waals surface area contributed by atoms with Crippen LogP contribution in [0.25, 0.3) is 0 Å². The van der Waals surface area contributed by atoms with Crippen LogP contribution in [0.2, 0.25) is 0 Å². The quantitative estimate of drug-likeness (QED) is 0.909. The lowest BCUT2D eigenvalue weighted by Crippen LogP contribution is -2.36. The van der Waals surface area contributed by atoms with Crippen LogP contribution < -0.4 is 10.3 Å². The van der Waals surface area contributed by atoms with E-state index in [9.17, 15) is 4.79 Å². The summed E-state index contributed by atoms with van der Waals surface area (Å²) in [5, 5.41) is 10.3. The molecule has 0 bridgehead atoms. The summed E-state index contributed by atoms with van der Waals surface area (Å²) in [5.41, 5.74) is 3.43. The molecule has 2 unspecified atom stereocenters. The van der Waals surface area contributed by atoms with Gasteiger partial charge in [0.1, 0.15) is 0 Å². The molecule has 0 spiro atoms. The molecular weight excluding hydrogens is 322 g/mol. The first-order valence-electron chi connectivity index (χ1n) is 9.55. The second kappa shape index (κ2) is 7.73. The van der Waals surface area contributed by atoms with Gasteiger partial charge in [-0.1, -0.05) is 55.0 Å². The topological polar surface area (TPSA) is 44.7 Å². The molecule has 2 aliphatic rings. The molecule has 1 amide bonds. The third-order valence-electron chi connectivity index (χ3n) is 5.27. The Labute approximate surface area is 154 Å². The predicted molar refractivity (Wildman–Crippen MR) is 105 cm³/mol. The number of amides is 1. The maximum atomic E-state index is 12.0. The number of hydrogen-bond donors (Lipinski definition) is 1. The van der Waals surface area contributed by atoms with E-state index in [2.05, 4.69) is 46.7 Å². The summed E-state index contributed by atoms with van der Waals surface area (Å²) in [6.07, 6.45) is 4.80. The highest BCUT2D eigenvalue weighted by molar-refractivity contribution is 6.04. The van der Waals surface area contributed by atoms with Crippen LogP contribution in [0, 0.1) is 5.92 Å². The summed E-state index contributed by atoms with van der Waals surface area (Å²) < 4.78 is 0. The number of carbonyl (C=O) groups is 1. The van der Waals surface area contributed by atoms with Crippen LogP contribution in [0.3, 0.4) is 0 Å². The molecule has 0 radical (unpaired) electrons. The minimum absolute atomic E-state index is 0.198. The monoisotopic (exact) mass is 347 g/mol. The summed E-state index contributed by atoms with van der Waals surface area (Å²) >= 11 is 0. The summed E-state index contributed by atoms with van der Waals surface area (Å²) in [5.74, 6) is 0.518. The van der Waals surface area contributed by atoms with Gasteiger partial charge in [-0.25, -0.2) is 0 Å². The lowest BCUT2D eigenvalue weighted by atomic mass is 9.90. The van der Waals surface area contributed by atoms with Crippen molar-refractivity contribution in [3.63, 3.8) is 0 Å². The fraction of sp³-hybridized carbons (Fsp3) is 0.364. The number of hydrazone groups is 1. The summed E-state index contributed by atoms with van der Waals surface area (Å²) in [6.45, 7) is 0.862. The number of rotatable bonds is 4. The number of anilines is 1. The highest BCUT2D eigenvalue weighted by Crippen LogP contribution is 2.29. The van der Waals surface area contributed by atoms with E-state index in [1.54, 1.807) is 0 Å². The van der Waals surface area contributed by atoms with Gasteiger partial charge in [-0.3, -0.25) is 9.80 Å². The van der Waals surface area contributed by atoms with E-state index in [1.807, 2.05) is 24.3 Å². The molecule has 134 valence electrons. The summed E-state index contributed by atoms with van der Waals surface area (Å²) in [4.78, 5) is 12.0. The first-order chi connectivity index (χ1) is 12.8. The Kier molecular flexibility index (Phi) is 5.00. The zero-order chi connectivity index (χ0) is 17.8. The third-order valence-corrected chi connectivity index (χ3v) is 5.27.